The lowest BCUT2D eigenvalue weighted by Gasteiger charge is -2.14. The number of rotatable bonds is 4. The molecule has 6 heteroatoms. The van der Waals surface area contributed by atoms with E-state index in [2.05, 4.69) is 36.3 Å². The fourth-order valence-electron chi connectivity index (χ4n) is 1.50. The van der Waals surface area contributed by atoms with Crippen molar-refractivity contribution < 1.29 is 0 Å². The molecule has 0 spiro atoms. The summed E-state index contributed by atoms with van der Waals surface area (Å²) in [6.45, 7) is 0. The van der Waals surface area contributed by atoms with Gasteiger partial charge in [0.1, 0.15) is 6.33 Å². The van der Waals surface area contributed by atoms with E-state index in [-0.39, 0.29) is 6.04 Å². The van der Waals surface area contributed by atoms with Gasteiger partial charge >= 0.3 is 0 Å². The molecule has 0 saturated heterocycles. The Morgan fingerprint density at radius 1 is 1.24 bits per heavy atom. The SMILES string of the molecule is NNC(Cc1ccc(Br)cn1)c1cncnc1. The van der Waals surface area contributed by atoms with Crippen molar-refractivity contribution in [3.05, 3.63) is 52.8 Å². The molecule has 0 aliphatic rings. The lowest BCUT2D eigenvalue weighted by molar-refractivity contribution is 0.542. The number of pyridine rings is 1. The zero-order valence-electron chi connectivity index (χ0n) is 9.05. The van der Waals surface area contributed by atoms with Crippen molar-refractivity contribution in [1.29, 1.82) is 0 Å². The molecular formula is C11H12BrN5. The highest BCUT2D eigenvalue weighted by atomic mass is 79.9. The third kappa shape index (κ3) is 3.29. The standard InChI is InChI=1S/C11H12BrN5/c12-9-1-2-10(16-6-9)3-11(17-13)8-4-14-7-15-5-8/h1-2,4-7,11,17H,3,13H2. The summed E-state index contributed by atoms with van der Waals surface area (Å²) in [6, 6.07) is 3.88. The predicted octanol–water partition coefficient (Wildman–Crippen LogP) is 1.38. The lowest BCUT2D eigenvalue weighted by Crippen LogP contribution is -2.30. The fourth-order valence-corrected chi connectivity index (χ4v) is 1.73. The second-order valence-corrected chi connectivity index (χ2v) is 4.48. The molecule has 3 N–H and O–H groups in total. The van der Waals surface area contributed by atoms with Crippen LogP contribution >= 0.6 is 15.9 Å². The first-order valence-electron chi connectivity index (χ1n) is 5.11. The van der Waals surface area contributed by atoms with Crippen LogP contribution in [0.1, 0.15) is 17.3 Å². The molecule has 2 aromatic heterocycles. The Balaban J connectivity index is 2.13. The van der Waals surface area contributed by atoms with Crippen molar-refractivity contribution in [3.63, 3.8) is 0 Å². The molecule has 2 rings (SSSR count). The van der Waals surface area contributed by atoms with Gasteiger partial charge in [-0.1, -0.05) is 0 Å². The van der Waals surface area contributed by atoms with Crippen molar-refractivity contribution in [1.82, 2.24) is 20.4 Å². The zero-order valence-corrected chi connectivity index (χ0v) is 10.6. The van der Waals surface area contributed by atoms with E-state index in [0.717, 1.165) is 15.7 Å². The molecule has 2 aromatic rings. The Kier molecular flexibility index (Phi) is 4.13. The minimum Gasteiger partial charge on any atom is -0.271 e. The minimum absolute atomic E-state index is 0.0372. The second-order valence-electron chi connectivity index (χ2n) is 3.56. The summed E-state index contributed by atoms with van der Waals surface area (Å²) in [4.78, 5) is 12.3. The molecule has 17 heavy (non-hydrogen) atoms. The highest BCUT2D eigenvalue weighted by molar-refractivity contribution is 9.10. The van der Waals surface area contributed by atoms with Gasteiger partial charge in [-0.05, 0) is 28.1 Å². The summed E-state index contributed by atoms with van der Waals surface area (Å²) in [5.41, 5.74) is 4.65. The fraction of sp³-hybridized carbons (Fsp3) is 0.182. The number of nitrogens with one attached hydrogen (secondary N) is 1. The molecule has 2 heterocycles. The minimum atomic E-state index is -0.0372. The maximum atomic E-state index is 5.54. The normalized spacial score (nSPS) is 12.4. The molecule has 0 bridgehead atoms. The van der Waals surface area contributed by atoms with Gasteiger partial charge in [-0.3, -0.25) is 16.3 Å². The number of nitrogens with zero attached hydrogens (tertiary/aromatic N) is 3. The van der Waals surface area contributed by atoms with E-state index >= 15 is 0 Å². The van der Waals surface area contributed by atoms with Crippen LogP contribution in [0.25, 0.3) is 0 Å². The van der Waals surface area contributed by atoms with E-state index in [4.69, 9.17) is 5.84 Å². The number of hydrogen-bond acceptors (Lipinski definition) is 5. The van der Waals surface area contributed by atoms with E-state index in [9.17, 15) is 0 Å². The summed E-state index contributed by atoms with van der Waals surface area (Å²) in [5, 5.41) is 0. The molecule has 88 valence electrons. The van der Waals surface area contributed by atoms with Gasteiger partial charge in [0.05, 0.1) is 6.04 Å². The summed E-state index contributed by atoms with van der Waals surface area (Å²) in [7, 11) is 0. The van der Waals surface area contributed by atoms with Gasteiger partial charge in [-0.15, -0.1) is 0 Å². The van der Waals surface area contributed by atoms with E-state index in [1.54, 1.807) is 18.6 Å². The van der Waals surface area contributed by atoms with Crippen LogP contribution in [0.15, 0.2) is 41.5 Å². The number of nitrogens with two attached hydrogens (primary N) is 1. The summed E-state index contributed by atoms with van der Waals surface area (Å²) >= 11 is 3.35. The van der Waals surface area contributed by atoms with Crippen LogP contribution in [0, 0.1) is 0 Å². The molecule has 0 saturated carbocycles. The van der Waals surface area contributed by atoms with Crippen LogP contribution in [0.3, 0.4) is 0 Å². The Labute approximate surface area is 108 Å². The zero-order chi connectivity index (χ0) is 12.1. The number of hydrazine groups is 1. The maximum absolute atomic E-state index is 5.54. The number of halogens is 1. The quantitative estimate of drug-likeness (QED) is 0.658. The van der Waals surface area contributed by atoms with Gasteiger partial charge in [0.15, 0.2) is 0 Å². The second kappa shape index (κ2) is 5.81. The van der Waals surface area contributed by atoms with E-state index in [0.29, 0.717) is 6.42 Å². The van der Waals surface area contributed by atoms with Gasteiger partial charge in [-0.2, -0.15) is 0 Å². The maximum Gasteiger partial charge on any atom is 0.115 e. The van der Waals surface area contributed by atoms with Gasteiger partial charge < -0.3 is 0 Å². The first kappa shape index (κ1) is 12.1. The molecular weight excluding hydrogens is 282 g/mol. The summed E-state index contributed by atoms with van der Waals surface area (Å²) in [6.07, 6.45) is 7.45. The molecule has 0 aromatic carbocycles. The van der Waals surface area contributed by atoms with Crippen LogP contribution < -0.4 is 11.3 Å². The first-order valence-corrected chi connectivity index (χ1v) is 5.90. The van der Waals surface area contributed by atoms with Gasteiger partial charge in [0.25, 0.3) is 0 Å². The highest BCUT2D eigenvalue weighted by Gasteiger charge is 2.11. The van der Waals surface area contributed by atoms with Crippen molar-refractivity contribution in [3.8, 4) is 0 Å². The largest absolute Gasteiger partial charge is 0.271 e. The topological polar surface area (TPSA) is 76.7 Å². The Bertz CT molecular complexity index is 459. The van der Waals surface area contributed by atoms with Crippen LogP contribution in [0.5, 0.6) is 0 Å². The highest BCUT2D eigenvalue weighted by Crippen LogP contribution is 2.16. The van der Waals surface area contributed by atoms with Crippen molar-refractivity contribution in [2.45, 2.75) is 12.5 Å². The van der Waals surface area contributed by atoms with Gasteiger partial charge in [-0.25, -0.2) is 9.97 Å². The molecule has 0 aliphatic carbocycles. The number of hydrogen-bond donors (Lipinski definition) is 2. The van der Waals surface area contributed by atoms with Crippen molar-refractivity contribution in [2.75, 3.05) is 0 Å². The first-order chi connectivity index (χ1) is 8.29. The van der Waals surface area contributed by atoms with Crippen LogP contribution in [0.2, 0.25) is 0 Å². The van der Waals surface area contributed by atoms with Crippen molar-refractivity contribution >= 4 is 15.9 Å². The van der Waals surface area contributed by atoms with E-state index in [1.807, 2.05) is 12.1 Å². The average molecular weight is 294 g/mol. The molecule has 0 amide bonds. The third-order valence-electron chi connectivity index (χ3n) is 2.39. The smallest absolute Gasteiger partial charge is 0.115 e. The van der Waals surface area contributed by atoms with E-state index in [1.165, 1.54) is 6.33 Å². The predicted molar refractivity (Wildman–Crippen MR) is 67.7 cm³/mol. The lowest BCUT2D eigenvalue weighted by atomic mass is 10.1. The van der Waals surface area contributed by atoms with Crippen molar-refractivity contribution in [2.24, 2.45) is 5.84 Å². The molecule has 5 nitrogen and oxygen atoms in total. The number of aromatic nitrogens is 3. The molecule has 0 radical (unpaired) electrons. The molecule has 0 fully saturated rings. The summed E-state index contributed by atoms with van der Waals surface area (Å²) < 4.78 is 0.960. The molecule has 0 aliphatic heterocycles. The van der Waals surface area contributed by atoms with Gasteiger partial charge in [0, 0.05) is 40.7 Å². The van der Waals surface area contributed by atoms with Gasteiger partial charge in [0.2, 0.25) is 0 Å². The third-order valence-corrected chi connectivity index (χ3v) is 2.86. The molecule has 1 unspecified atom stereocenters. The van der Waals surface area contributed by atoms with Crippen LogP contribution in [0.4, 0.5) is 0 Å². The Morgan fingerprint density at radius 3 is 2.59 bits per heavy atom. The molecule has 1 atom stereocenters. The average Bonchev–Trinajstić information content (AvgIpc) is 2.39. The Morgan fingerprint density at radius 2 is 2.00 bits per heavy atom. The van der Waals surface area contributed by atoms with E-state index < -0.39 is 0 Å². The van der Waals surface area contributed by atoms with Crippen LogP contribution in [-0.2, 0) is 6.42 Å². The van der Waals surface area contributed by atoms with Crippen LogP contribution in [-0.4, -0.2) is 15.0 Å². The monoisotopic (exact) mass is 293 g/mol. The summed E-state index contributed by atoms with van der Waals surface area (Å²) in [5.74, 6) is 5.54. The Hall–Kier alpha value is -1.37.